The van der Waals surface area contributed by atoms with E-state index < -0.39 is 0 Å². The number of nitrogens with zero attached hydrogens (tertiary/aromatic N) is 1. The SMILES string of the molecule is C=C(C)C(=O)OCCCCCC(CCC)N(CCC)CCC. The van der Waals surface area contributed by atoms with Crippen molar-refractivity contribution in [3.05, 3.63) is 12.2 Å². The van der Waals surface area contributed by atoms with E-state index in [-0.39, 0.29) is 5.97 Å². The van der Waals surface area contributed by atoms with E-state index >= 15 is 0 Å². The summed E-state index contributed by atoms with van der Waals surface area (Å²) in [5.41, 5.74) is 0.484. The quantitative estimate of drug-likeness (QED) is 0.258. The molecule has 0 bridgehead atoms. The molecule has 0 spiro atoms. The van der Waals surface area contributed by atoms with E-state index in [2.05, 4.69) is 32.3 Å². The lowest BCUT2D eigenvalue weighted by Crippen LogP contribution is -2.36. The van der Waals surface area contributed by atoms with Gasteiger partial charge in [-0.2, -0.15) is 0 Å². The fraction of sp³-hybridized carbons (Fsp3) is 0.842. The van der Waals surface area contributed by atoms with Crippen LogP contribution in [0.2, 0.25) is 0 Å². The first-order valence-electron chi connectivity index (χ1n) is 9.13. The molecule has 22 heavy (non-hydrogen) atoms. The molecule has 0 N–H and O–H groups in total. The van der Waals surface area contributed by atoms with Crippen LogP contribution in [0.15, 0.2) is 12.2 Å². The minimum absolute atomic E-state index is 0.263. The van der Waals surface area contributed by atoms with Crippen molar-refractivity contribution < 1.29 is 9.53 Å². The molecule has 0 aliphatic carbocycles. The summed E-state index contributed by atoms with van der Waals surface area (Å²) in [4.78, 5) is 13.9. The van der Waals surface area contributed by atoms with Gasteiger partial charge in [0.05, 0.1) is 6.61 Å². The maximum Gasteiger partial charge on any atom is 0.333 e. The molecule has 3 nitrogen and oxygen atoms in total. The highest BCUT2D eigenvalue weighted by molar-refractivity contribution is 5.86. The van der Waals surface area contributed by atoms with Gasteiger partial charge >= 0.3 is 5.97 Å². The zero-order chi connectivity index (χ0) is 16.8. The topological polar surface area (TPSA) is 29.5 Å². The third kappa shape index (κ3) is 9.99. The van der Waals surface area contributed by atoms with E-state index in [1.807, 2.05) is 0 Å². The Morgan fingerprint density at radius 1 is 1.00 bits per heavy atom. The fourth-order valence-electron chi connectivity index (χ4n) is 2.84. The highest BCUT2D eigenvalue weighted by Crippen LogP contribution is 2.16. The minimum atomic E-state index is -0.263. The van der Waals surface area contributed by atoms with Crippen LogP contribution in [0.3, 0.4) is 0 Å². The molecule has 0 fully saturated rings. The first kappa shape index (κ1) is 21.2. The van der Waals surface area contributed by atoms with Gasteiger partial charge in [0.25, 0.3) is 0 Å². The maximum atomic E-state index is 11.3. The zero-order valence-electron chi connectivity index (χ0n) is 15.3. The minimum Gasteiger partial charge on any atom is -0.462 e. The predicted molar refractivity (Wildman–Crippen MR) is 95.1 cm³/mol. The van der Waals surface area contributed by atoms with Gasteiger partial charge in [0.15, 0.2) is 0 Å². The molecule has 0 aliphatic heterocycles. The van der Waals surface area contributed by atoms with Gasteiger partial charge in [-0.3, -0.25) is 0 Å². The summed E-state index contributed by atoms with van der Waals surface area (Å²) in [6, 6.07) is 0.725. The Morgan fingerprint density at radius 2 is 1.64 bits per heavy atom. The van der Waals surface area contributed by atoms with Gasteiger partial charge in [-0.05, 0) is 52.1 Å². The molecular formula is C19H37NO2. The van der Waals surface area contributed by atoms with E-state index in [9.17, 15) is 4.79 Å². The molecule has 0 saturated heterocycles. The Balaban J connectivity index is 3.98. The molecule has 1 atom stereocenters. The summed E-state index contributed by atoms with van der Waals surface area (Å²) in [6.07, 6.45) is 9.60. The third-order valence-corrected chi connectivity index (χ3v) is 3.92. The number of rotatable bonds is 14. The van der Waals surface area contributed by atoms with Crippen molar-refractivity contribution in [1.82, 2.24) is 4.90 Å². The van der Waals surface area contributed by atoms with E-state index in [0.29, 0.717) is 12.2 Å². The summed E-state index contributed by atoms with van der Waals surface area (Å²) in [5, 5.41) is 0. The van der Waals surface area contributed by atoms with Crippen LogP contribution in [0.4, 0.5) is 0 Å². The molecule has 0 radical (unpaired) electrons. The molecule has 0 aliphatic rings. The Morgan fingerprint density at radius 3 is 2.14 bits per heavy atom. The Hall–Kier alpha value is -0.830. The van der Waals surface area contributed by atoms with Crippen molar-refractivity contribution >= 4 is 5.97 Å². The van der Waals surface area contributed by atoms with Crippen LogP contribution in [0.25, 0.3) is 0 Å². The van der Waals surface area contributed by atoms with Gasteiger partial charge < -0.3 is 9.64 Å². The van der Waals surface area contributed by atoms with Crippen LogP contribution in [-0.4, -0.2) is 36.6 Å². The van der Waals surface area contributed by atoms with E-state index in [0.717, 1.165) is 18.9 Å². The van der Waals surface area contributed by atoms with Crippen LogP contribution < -0.4 is 0 Å². The molecule has 0 amide bonds. The third-order valence-electron chi connectivity index (χ3n) is 3.92. The second-order valence-corrected chi connectivity index (χ2v) is 6.24. The number of esters is 1. The van der Waals surface area contributed by atoms with Gasteiger partial charge in [-0.1, -0.05) is 46.6 Å². The van der Waals surface area contributed by atoms with Crippen molar-refractivity contribution in [3.63, 3.8) is 0 Å². The van der Waals surface area contributed by atoms with Crippen LogP contribution >= 0.6 is 0 Å². The van der Waals surface area contributed by atoms with E-state index in [1.165, 1.54) is 51.6 Å². The molecule has 0 saturated carbocycles. The lowest BCUT2D eigenvalue weighted by Gasteiger charge is -2.31. The Kier molecular flexibility index (Phi) is 13.3. The number of hydrogen-bond donors (Lipinski definition) is 0. The molecule has 0 heterocycles. The highest BCUT2D eigenvalue weighted by atomic mass is 16.5. The Labute approximate surface area is 138 Å². The summed E-state index contributed by atoms with van der Waals surface area (Å²) in [5.74, 6) is -0.263. The number of hydrogen-bond acceptors (Lipinski definition) is 3. The van der Waals surface area contributed by atoms with Crippen LogP contribution in [0.5, 0.6) is 0 Å². The first-order chi connectivity index (χ1) is 10.6. The van der Waals surface area contributed by atoms with E-state index in [4.69, 9.17) is 4.74 Å². The average molecular weight is 312 g/mol. The second kappa shape index (κ2) is 13.8. The lowest BCUT2D eigenvalue weighted by atomic mass is 10.0. The summed E-state index contributed by atoms with van der Waals surface area (Å²) < 4.78 is 5.13. The van der Waals surface area contributed by atoms with Gasteiger partial charge in [-0.25, -0.2) is 4.79 Å². The monoisotopic (exact) mass is 311 g/mol. The average Bonchev–Trinajstić information content (AvgIpc) is 2.49. The fourth-order valence-corrected chi connectivity index (χ4v) is 2.84. The van der Waals surface area contributed by atoms with Crippen molar-refractivity contribution in [3.8, 4) is 0 Å². The largest absolute Gasteiger partial charge is 0.462 e. The van der Waals surface area contributed by atoms with Gasteiger partial charge in [-0.15, -0.1) is 0 Å². The molecule has 0 rings (SSSR count). The zero-order valence-corrected chi connectivity index (χ0v) is 15.3. The van der Waals surface area contributed by atoms with Gasteiger partial charge in [0, 0.05) is 11.6 Å². The normalized spacial score (nSPS) is 12.4. The predicted octanol–water partition coefficient (Wildman–Crippen LogP) is 4.96. The summed E-state index contributed by atoms with van der Waals surface area (Å²) >= 11 is 0. The molecule has 3 heteroatoms. The molecule has 130 valence electrons. The van der Waals surface area contributed by atoms with Crippen molar-refractivity contribution in [1.29, 1.82) is 0 Å². The van der Waals surface area contributed by atoms with Crippen LogP contribution in [0, 0.1) is 0 Å². The molecule has 1 unspecified atom stereocenters. The van der Waals surface area contributed by atoms with Crippen molar-refractivity contribution in [2.75, 3.05) is 19.7 Å². The smallest absolute Gasteiger partial charge is 0.333 e. The highest BCUT2D eigenvalue weighted by Gasteiger charge is 2.15. The number of carbonyl (C=O) groups is 1. The number of carbonyl (C=O) groups excluding carboxylic acids is 1. The molecule has 0 aromatic rings. The molecular weight excluding hydrogens is 274 g/mol. The summed E-state index contributed by atoms with van der Waals surface area (Å²) in [7, 11) is 0. The maximum absolute atomic E-state index is 11.3. The first-order valence-corrected chi connectivity index (χ1v) is 9.13. The van der Waals surface area contributed by atoms with Crippen molar-refractivity contribution in [2.45, 2.75) is 85.1 Å². The second-order valence-electron chi connectivity index (χ2n) is 6.24. The molecule has 0 aromatic heterocycles. The Bertz CT molecular complexity index is 296. The standard InChI is InChI=1S/C19H37NO2/c1-6-12-18(20(14-7-2)15-8-3)13-10-9-11-16-22-19(21)17(4)5/h18H,4,6-16H2,1-3,5H3. The number of ether oxygens (including phenoxy) is 1. The van der Waals surface area contributed by atoms with Gasteiger partial charge in [0.2, 0.25) is 0 Å². The van der Waals surface area contributed by atoms with Crippen molar-refractivity contribution in [2.24, 2.45) is 0 Å². The van der Waals surface area contributed by atoms with Crippen LogP contribution in [0.1, 0.15) is 79.1 Å². The van der Waals surface area contributed by atoms with Gasteiger partial charge in [0.1, 0.15) is 0 Å². The van der Waals surface area contributed by atoms with Crippen LogP contribution in [-0.2, 0) is 9.53 Å². The lowest BCUT2D eigenvalue weighted by molar-refractivity contribution is -0.139. The number of unbranched alkanes of at least 4 members (excludes halogenated alkanes) is 2. The van der Waals surface area contributed by atoms with E-state index in [1.54, 1.807) is 6.92 Å². The molecule has 0 aromatic carbocycles. The summed E-state index contributed by atoms with van der Waals surface area (Å²) in [6.45, 7) is 15.0.